The number of phosphoric acid groups is 1. The summed E-state index contributed by atoms with van der Waals surface area (Å²) in [6.45, 7) is 13.3. The minimum atomic E-state index is -4.06. The van der Waals surface area contributed by atoms with E-state index in [0.717, 1.165) is 24.2 Å². The first-order valence-electron chi connectivity index (χ1n) is 14.0. The summed E-state index contributed by atoms with van der Waals surface area (Å²) < 4.78 is 32.7. The van der Waals surface area contributed by atoms with E-state index in [2.05, 4.69) is 39.9 Å². The Morgan fingerprint density at radius 2 is 1.26 bits per heavy atom. The molecule has 0 aliphatic rings. The highest BCUT2D eigenvalue weighted by Gasteiger charge is 2.23. The van der Waals surface area contributed by atoms with E-state index in [1.165, 1.54) is 57.8 Å². The Kier molecular flexibility index (Phi) is 22.0. The summed E-state index contributed by atoms with van der Waals surface area (Å²) in [5.41, 5.74) is 0. The average molecular weight is 524 g/mol. The summed E-state index contributed by atoms with van der Waals surface area (Å²) in [5.74, 6) is 3.14. The highest BCUT2D eigenvalue weighted by Crippen LogP contribution is 2.43. The number of likely N-dealkylation sites (N-methyl/N-ethyl adjacent to an activating group) is 1. The van der Waals surface area contributed by atoms with Crippen molar-refractivity contribution >= 4 is 7.82 Å². The summed E-state index contributed by atoms with van der Waals surface area (Å²) in [6.07, 6.45) is 12.7. The fourth-order valence-electron chi connectivity index (χ4n) is 4.10. The predicted octanol–water partition coefficient (Wildman–Crippen LogP) is 6.84. The lowest BCUT2D eigenvalue weighted by molar-refractivity contribution is -0.0235. The Morgan fingerprint density at radius 3 is 1.74 bits per heavy atom. The quantitative estimate of drug-likeness (QED) is 0.100. The van der Waals surface area contributed by atoms with Gasteiger partial charge in [-0.15, -0.1) is 0 Å². The van der Waals surface area contributed by atoms with Crippen molar-refractivity contribution in [1.29, 1.82) is 0 Å². The SMILES string of the molecule is CNCCOP(=O)(O)OCC(COCCC(C)CCCC(C)CCCC(C)CCCC(C)C)OC. The molecular weight excluding hydrogens is 465 g/mol. The van der Waals surface area contributed by atoms with Crippen molar-refractivity contribution in [2.75, 3.05) is 47.1 Å². The van der Waals surface area contributed by atoms with E-state index < -0.39 is 13.9 Å². The molecule has 0 aliphatic heterocycles. The molecule has 0 heterocycles. The second kappa shape index (κ2) is 22.0. The molecule has 0 saturated carbocycles. The van der Waals surface area contributed by atoms with Crippen LogP contribution in [-0.2, 0) is 23.1 Å². The zero-order valence-corrected chi connectivity index (χ0v) is 24.8. The summed E-state index contributed by atoms with van der Waals surface area (Å²) in [6, 6.07) is 0. The molecule has 0 aromatic heterocycles. The van der Waals surface area contributed by atoms with Crippen molar-refractivity contribution in [1.82, 2.24) is 5.32 Å². The van der Waals surface area contributed by atoms with E-state index in [0.29, 0.717) is 25.7 Å². The summed E-state index contributed by atoms with van der Waals surface area (Å²) in [5, 5.41) is 2.84. The Balaban J connectivity index is 3.80. The number of phosphoric ester groups is 1. The molecule has 0 bridgehead atoms. The van der Waals surface area contributed by atoms with E-state index in [1.54, 1.807) is 14.2 Å². The third-order valence-electron chi connectivity index (χ3n) is 6.69. The van der Waals surface area contributed by atoms with Crippen LogP contribution in [0.1, 0.15) is 98.8 Å². The molecule has 212 valence electrons. The van der Waals surface area contributed by atoms with Crippen LogP contribution in [0.15, 0.2) is 0 Å². The van der Waals surface area contributed by atoms with Crippen LogP contribution in [0.2, 0.25) is 0 Å². The molecule has 0 fully saturated rings. The fourth-order valence-corrected chi connectivity index (χ4v) is 4.85. The van der Waals surface area contributed by atoms with Crippen LogP contribution in [0.5, 0.6) is 0 Å². The molecule has 5 atom stereocenters. The predicted molar refractivity (Wildman–Crippen MR) is 146 cm³/mol. The van der Waals surface area contributed by atoms with Gasteiger partial charge in [-0.3, -0.25) is 9.05 Å². The van der Waals surface area contributed by atoms with Gasteiger partial charge in [0.25, 0.3) is 0 Å². The van der Waals surface area contributed by atoms with Gasteiger partial charge < -0.3 is 19.7 Å². The number of methoxy groups -OCH3 is 1. The maximum absolute atomic E-state index is 11.8. The van der Waals surface area contributed by atoms with Crippen LogP contribution >= 0.6 is 7.82 Å². The second-order valence-corrected chi connectivity index (χ2v) is 12.4. The van der Waals surface area contributed by atoms with E-state index in [1.807, 2.05) is 0 Å². The molecule has 35 heavy (non-hydrogen) atoms. The van der Waals surface area contributed by atoms with E-state index >= 15 is 0 Å². The van der Waals surface area contributed by atoms with Gasteiger partial charge in [0.05, 0.1) is 19.8 Å². The molecule has 8 heteroatoms. The molecule has 0 amide bonds. The van der Waals surface area contributed by atoms with E-state index in [4.69, 9.17) is 18.5 Å². The first-order chi connectivity index (χ1) is 16.6. The van der Waals surface area contributed by atoms with Gasteiger partial charge in [0.2, 0.25) is 0 Å². The molecule has 2 N–H and O–H groups in total. The number of ether oxygens (including phenoxy) is 2. The zero-order valence-electron chi connectivity index (χ0n) is 23.9. The monoisotopic (exact) mass is 523 g/mol. The minimum Gasteiger partial charge on any atom is -0.379 e. The number of rotatable bonds is 25. The van der Waals surface area contributed by atoms with Crippen molar-refractivity contribution in [3.05, 3.63) is 0 Å². The van der Waals surface area contributed by atoms with Crippen LogP contribution in [-0.4, -0.2) is 58.1 Å². The first kappa shape index (κ1) is 35.0. The molecule has 0 aromatic carbocycles. The van der Waals surface area contributed by atoms with Gasteiger partial charge in [-0.25, -0.2) is 4.57 Å². The highest BCUT2D eigenvalue weighted by atomic mass is 31.2. The zero-order chi connectivity index (χ0) is 26.5. The average Bonchev–Trinajstić information content (AvgIpc) is 2.78. The van der Waals surface area contributed by atoms with Gasteiger partial charge in [-0.2, -0.15) is 0 Å². The van der Waals surface area contributed by atoms with Crippen molar-refractivity contribution < 1.29 is 28.0 Å². The summed E-state index contributed by atoms with van der Waals surface area (Å²) in [7, 11) is -0.780. The van der Waals surface area contributed by atoms with Crippen molar-refractivity contribution in [2.24, 2.45) is 23.7 Å². The lowest BCUT2D eigenvalue weighted by atomic mass is 9.91. The van der Waals surface area contributed by atoms with Crippen LogP contribution < -0.4 is 5.32 Å². The highest BCUT2D eigenvalue weighted by molar-refractivity contribution is 7.47. The number of hydrogen-bond acceptors (Lipinski definition) is 6. The van der Waals surface area contributed by atoms with Crippen LogP contribution in [0.25, 0.3) is 0 Å². The maximum atomic E-state index is 11.8. The van der Waals surface area contributed by atoms with Gasteiger partial charge >= 0.3 is 7.82 Å². The minimum absolute atomic E-state index is 0.0476. The number of nitrogens with one attached hydrogen (secondary N) is 1. The van der Waals surface area contributed by atoms with Gasteiger partial charge in [0.15, 0.2) is 0 Å². The second-order valence-electron chi connectivity index (χ2n) is 10.9. The Labute approximate surface area is 217 Å². The van der Waals surface area contributed by atoms with Gasteiger partial charge in [0.1, 0.15) is 6.10 Å². The van der Waals surface area contributed by atoms with Crippen molar-refractivity contribution in [3.63, 3.8) is 0 Å². The Morgan fingerprint density at radius 1 is 0.743 bits per heavy atom. The Bertz CT molecular complexity index is 522. The fraction of sp³-hybridized carbons (Fsp3) is 1.00. The largest absolute Gasteiger partial charge is 0.472 e. The summed E-state index contributed by atoms with van der Waals surface area (Å²) >= 11 is 0. The maximum Gasteiger partial charge on any atom is 0.472 e. The molecular formula is C27H58NO6P. The number of hydrogen-bond donors (Lipinski definition) is 2. The molecule has 0 spiro atoms. The molecule has 5 unspecified atom stereocenters. The molecule has 0 aromatic rings. The van der Waals surface area contributed by atoms with Gasteiger partial charge in [-0.1, -0.05) is 92.4 Å². The molecule has 0 rings (SSSR count). The summed E-state index contributed by atoms with van der Waals surface area (Å²) in [4.78, 5) is 9.66. The van der Waals surface area contributed by atoms with Gasteiger partial charge in [-0.05, 0) is 37.1 Å². The van der Waals surface area contributed by atoms with Crippen LogP contribution in [0.4, 0.5) is 0 Å². The standard InChI is InChI=1S/C27H58NO6P/c1-23(2)11-8-12-24(3)13-9-14-25(4)15-10-16-26(5)17-19-32-21-27(31-7)22-34-35(29,30)33-20-18-28-6/h23-28H,8-22H2,1-7H3,(H,29,30). The smallest absolute Gasteiger partial charge is 0.379 e. The molecule has 0 saturated heterocycles. The van der Waals surface area contributed by atoms with E-state index in [-0.39, 0.29) is 13.2 Å². The molecule has 0 aliphatic carbocycles. The Hall–Kier alpha value is -0.0100. The third kappa shape index (κ3) is 22.9. The topological polar surface area (TPSA) is 86.3 Å². The molecule has 7 nitrogen and oxygen atoms in total. The van der Waals surface area contributed by atoms with Gasteiger partial charge in [0, 0.05) is 20.3 Å². The van der Waals surface area contributed by atoms with E-state index in [9.17, 15) is 9.46 Å². The lowest BCUT2D eigenvalue weighted by Crippen LogP contribution is -2.25. The van der Waals surface area contributed by atoms with Crippen molar-refractivity contribution in [2.45, 2.75) is 105 Å². The third-order valence-corrected chi connectivity index (χ3v) is 7.67. The van der Waals surface area contributed by atoms with Crippen LogP contribution in [0.3, 0.4) is 0 Å². The van der Waals surface area contributed by atoms with Crippen LogP contribution in [0, 0.1) is 23.7 Å². The normalized spacial score (nSPS) is 17.3. The molecule has 0 radical (unpaired) electrons. The lowest BCUT2D eigenvalue weighted by Gasteiger charge is -2.19. The first-order valence-corrected chi connectivity index (χ1v) is 15.5. The van der Waals surface area contributed by atoms with Crippen molar-refractivity contribution in [3.8, 4) is 0 Å².